The molecule has 0 radical (unpaired) electrons. The number of fused-ring (bicyclic) bond motifs is 2. The highest BCUT2D eigenvalue weighted by Gasteiger charge is 2.25. The topological polar surface area (TPSA) is 71.9 Å². The summed E-state index contributed by atoms with van der Waals surface area (Å²) in [6.07, 6.45) is 2.95. The molecule has 0 saturated carbocycles. The molecule has 6 nitrogen and oxygen atoms in total. The highest BCUT2D eigenvalue weighted by Crippen LogP contribution is 2.31. The van der Waals surface area contributed by atoms with Crippen molar-refractivity contribution in [2.45, 2.75) is 19.3 Å². The highest BCUT2D eigenvalue weighted by molar-refractivity contribution is 6.06. The fourth-order valence-electron chi connectivity index (χ4n) is 3.81. The van der Waals surface area contributed by atoms with E-state index in [0.717, 1.165) is 58.7 Å². The number of carbonyl (C=O) groups is 1. The second-order valence-electron chi connectivity index (χ2n) is 6.97. The highest BCUT2D eigenvalue weighted by atomic mass is 16.5. The lowest BCUT2D eigenvalue weighted by molar-refractivity contribution is 0.102. The van der Waals surface area contributed by atoms with Crippen LogP contribution < -0.4 is 10.1 Å². The van der Waals surface area contributed by atoms with Gasteiger partial charge in [0.1, 0.15) is 17.3 Å². The SMILES string of the molecule is COc1ccc2cc(C(=O)Nc3c4c(nn3-c3ccccc3)CCC4)[nH]c2c1. The van der Waals surface area contributed by atoms with Crippen LogP contribution in [0.1, 0.15) is 28.2 Å². The van der Waals surface area contributed by atoms with Gasteiger partial charge in [0.2, 0.25) is 0 Å². The molecule has 6 heteroatoms. The van der Waals surface area contributed by atoms with E-state index >= 15 is 0 Å². The smallest absolute Gasteiger partial charge is 0.273 e. The number of anilines is 1. The Morgan fingerprint density at radius 2 is 2.00 bits per heavy atom. The van der Waals surface area contributed by atoms with Gasteiger partial charge in [0, 0.05) is 22.5 Å². The molecule has 1 amide bonds. The van der Waals surface area contributed by atoms with Crippen molar-refractivity contribution in [3.05, 3.63) is 71.5 Å². The van der Waals surface area contributed by atoms with Crippen molar-refractivity contribution < 1.29 is 9.53 Å². The largest absolute Gasteiger partial charge is 0.497 e. The lowest BCUT2D eigenvalue weighted by Crippen LogP contribution is -2.16. The maximum Gasteiger partial charge on any atom is 0.273 e. The minimum atomic E-state index is -0.179. The fourth-order valence-corrected chi connectivity index (χ4v) is 3.81. The average Bonchev–Trinajstić information content (AvgIpc) is 3.43. The Labute approximate surface area is 162 Å². The molecule has 28 heavy (non-hydrogen) atoms. The zero-order valence-corrected chi connectivity index (χ0v) is 15.5. The van der Waals surface area contributed by atoms with Gasteiger partial charge in [0.05, 0.1) is 18.5 Å². The Bertz CT molecular complexity index is 1170. The first-order chi connectivity index (χ1) is 13.7. The van der Waals surface area contributed by atoms with Gasteiger partial charge in [-0.2, -0.15) is 5.10 Å². The number of aromatic nitrogens is 3. The number of rotatable bonds is 4. The van der Waals surface area contributed by atoms with Gasteiger partial charge in [-0.05, 0) is 49.6 Å². The first-order valence-electron chi connectivity index (χ1n) is 9.37. The number of hydrogen-bond acceptors (Lipinski definition) is 3. The normalized spacial score (nSPS) is 12.9. The van der Waals surface area contributed by atoms with Crippen molar-refractivity contribution in [1.82, 2.24) is 14.8 Å². The van der Waals surface area contributed by atoms with Gasteiger partial charge in [-0.25, -0.2) is 4.68 Å². The number of methoxy groups -OCH3 is 1. The number of amides is 1. The van der Waals surface area contributed by atoms with Crippen LogP contribution in [0.4, 0.5) is 5.82 Å². The Hall–Kier alpha value is -3.54. The minimum Gasteiger partial charge on any atom is -0.497 e. The van der Waals surface area contributed by atoms with Crippen LogP contribution in [0.5, 0.6) is 5.75 Å². The number of hydrogen-bond donors (Lipinski definition) is 2. The molecular formula is C22H20N4O2. The number of benzene rings is 2. The molecule has 0 saturated heterocycles. The quantitative estimate of drug-likeness (QED) is 0.566. The molecule has 0 bridgehead atoms. The van der Waals surface area contributed by atoms with Crippen molar-refractivity contribution >= 4 is 22.6 Å². The average molecular weight is 372 g/mol. The molecule has 2 aromatic carbocycles. The van der Waals surface area contributed by atoms with Gasteiger partial charge < -0.3 is 15.0 Å². The third-order valence-electron chi connectivity index (χ3n) is 5.21. The van der Waals surface area contributed by atoms with Crippen LogP contribution in [0.15, 0.2) is 54.6 Å². The number of H-pyrrole nitrogens is 1. The molecule has 1 aliphatic carbocycles. The summed E-state index contributed by atoms with van der Waals surface area (Å²) >= 11 is 0. The van der Waals surface area contributed by atoms with Crippen LogP contribution in [-0.4, -0.2) is 27.8 Å². The van der Waals surface area contributed by atoms with Crippen molar-refractivity contribution in [2.24, 2.45) is 0 Å². The number of para-hydroxylation sites is 1. The Balaban J connectivity index is 1.51. The van der Waals surface area contributed by atoms with E-state index in [1.807, 2.05) is 59.3 Å². The predicted octanol–water partition coefficient (Wildman–Crippen LogP) is 4.10. The Morgan fingerprint density at radius 3 is 2.82 bits per heavy atom. The van der Waals surface area contributed by atoms with E-state index in [-0.39, 0.29) is 5.91 Å². The molecule has 0 aliphatic heterocycles. The van der Waals surface area contributed by atoms with Gasteiger partial charge in [-0.3, -0.25) is 4.79 Å². The number of aryl methyl sites for hydroxylation is 1. The molecular weight excluding hydrogens is 352 g/mol. The molecule has 2 aromatic heterocycles. The van der Waals surface area contributed by atoms with E-state index in [9.17, 15) is 4.79 Å². The third kappa shape index (κ3) is 2.74. The summed E-state index contributed by atoms with van der Waals surface area (Å²) < 4.78 is 7.10. The molecule has 2 N–H and O–H groups in total. The second kappa shape index (κ2) is 6.56. The summed E-state index contributed by atoms with van der Waals surface area (Å²) in [5.74, 6) is 1.34. The summed E-state index contributed by atoms with van der Waals surface area (Å²) in [6.45, 7) is 0. The zero-order chi connectivity index (χ0) is 19.1. The lowest BCUT2D eigenvalue weighted by Gasteiger charge is -2.10. The molecule has 0 spiro atoms. The van der Waals surface area contributed by atoms with E-state index in [4.69, 9.17) is 9.84 Å². The van der Waals surface area contributed by atoms with Gasteiger partial charge in [0.15, 0.2) is 0 Å². The van der Waals surface area contributed by atoms with E-state index in [1.165, 1.54) is 0 Å². The number of ether oxygens (including phenoxy) is 1. The first-order valence-corrected chi connectivity index (χ1v) is 9.37. The van der Waals surface area contributed by atoms with E-state index < -0.39 is 0 Å². The van der Waals surface area contributed by atoms with Crippen molar-refractivity contribution in [1.29, 1.82) is 0 Å². The van der Waals surface area contributed by atoms with Crippen molar-refractivity contribution in [3.8, 4) is 11.4 Å². The number of nitrogens with one attached hydrogen (secondary N) is 2. The van der Waals surface area contributed by atoms with Gasteiger partial charge in [0.25, 0.3) is 5.91 Å². The molecule has 2 heterocycles. The standard InChI is InChI=1S/C22H20N4O2/c1-28-16-11-10-14-12-20(23-19(14)13-16)22(27)24-21-17-8-5-9-18(17)25-26(21)15-6-3-2-4-7-15/h2-4,6-7,10-13,23H,5,8-9H2,1H3,(H,24,27). The molecule has 0 fully saturated rings. The van der Waals surface area contributed by atoms with Crippen molar-refractivity contribution in [3.63, 3.8) is 0 Å². The van der Waals surface area contributed by atoms with Crippen LogP contribution in [0.3, 0.4) is 0 Å². The zero-order valence-electron chi connectivity index (χ0n) is 15.5. The first kappa shape index (κ1) is 16.6. The Kier molecular flexibility index (Phi) is 3.90. The molecule has 0 unspecified atom stereocenters. The van der Waals surface area contributed by atoms with Gasteiger partial charge >= 0.3 is 0 Å². The van der Waals surface area contributed by atoms with Gasteiger partial charge in [-0.1, -0.05) is 18.2 Å². The van der Waals surface area contributed by atoms with Crippen LogP contribution in [0.2, 0.25) is 0 Å². The summed E-state index contributed by atoms with van der Waals surface area (Å²) in [7, 11) is 1.63. The van der Waals surface area contributed by atoms with Crippen molar-refractivity contribution in [2.75, 3.05) is 12.4 Å². The second-order valence-corrected chi connectivity index (χ2v) is 6.97. The van der Waals surface area contributed by atoms with Crippen LogP contribution in [0.25, 0.3) is 16.6 Å². The minimum absolute atomic E-state index is 0.179. The molecule has 1 aliphatic rings. The molecule has 0 atom stereocenters. The van der Waals surface area contributed by atoms with E-state index in [0.29, 0.717) is 5.69 Å². The summed E-state index contributed by atoms with van der Waals surface area (Å²) in [6, 6.07) is 17.5. The predicted molar refractivity (Wildman–Crippen MR) is 108 cm³/mol. The van der Waals surface area contributed by atoms with E-state index in [1.54, 1.807) is 7.11 Å². The number of nitrogens with zero attached hydrogens (tertiary/aromatic N) is 2. The summed E-state index contributed by atoms with van der Waals surface area (Å²) in [5.41, 5.74) is 4.52. The maximum absolute atomic E-state index is 13.0. The lowest BCUT2D eigenvalue weighted by atomic mass is 10.2. The molecule has 140 valence electrons. The Morgan fingerprint density at radius 1 is 1.14 bits per heavy atom. The van der Waals surface area contributed by atoms with Crippen LogP contribution >= 0.6 is 0 Å². The molecule has 4 aromatic rings. The maximum atomic E-state index is 13.0. The van der Waals surface area contributed by atoms with Crippen LogP contribution in [0, 0.1) is 0 Å². The number of aromatic amines is 1. The fraction of sp³-hybridized carbons (Fsp3) is 0.182. The monoisotopic (exact) mass is 372 g/mol. The van der Waals surface area contributed by atoms with Gasteiger partial charge in [-0.15, -0.1) is 0 Å². The third-order valence-corrected chi connectivity index (χ3v) is 5.21. The summed E-state index contributed by atoms with van der Waals surface area (Å²) in [4.78, 5) is 16.2. The number of carbonyl (C=O) groups excluding carboxylic acids is 1. The molecule has 5 rings (SSSR count). The van der Waals surface area contributed by atoms with E-state index in [2.05, 4.69) is 10.3 Å². The van der Waals surface area contributed by atoms with Crippen LogP contribution in [-0.2, 0) is 12.8 Å². The summed E-state index contributed by atoms with van der Waals surface area (Å²) in [5, 5.41) is 8.81.